The van der Waals surface area contributed by atoms with E-state index >= 15 is 0 Å². The molecule has 0 aliphatic rings. The van der Waals surface area contributed by atoms with Gasteiger partial charge in [0.2, 0.25) is 0 Å². The van der Waals surface area contributed by atoms with Gasteiger partial charge in [-0.05, 0) is 0 Å². The Morgan fingerprint density at radius 3 is 1.64 bits per heavy atom. The Kier molecular flexibility index (Phi) is 26.8. The minimum atomic E-state index is 0. The molecule has 1 rings (SSSR count). The van der Waals surface area contributed by atoms with E-state index in [-0.39, 0.29) is 116 Å². The molecule has 0 bridgehead atoms. The third-order valence-electron chi connectivity index (χ3n) is 0.714. The molecule has 0 aliphatic carbocycles. The fourth-order valence-corrected chi connectivity index (χ4v) is 0.347. The second-order valence-corrected chi connectivity index (χ2v) is 1.40. The summed E-state index contributed by atoms with van der Waals surface area (Å²) in [4.78, 5) is 3.60. The predicted molar refractivity (Wildman–Crippen MR) is 38.0 cm³/mol. The molecular formula is C8H11NRb2. The van der Waals surface area contributed by atoms with Gasteiger partial charge in [-0.25, -0.2) is 0 Å². The van der Waals surface area contributed by atoms with Crippen LogP contribution in [0.5, 0.6) is 0 Å². The Balaban J connectivity index is -0.000000149. The number of nitrogens with zero attached hydrogens (tertiary/aromatic N) is 1. The number of aryl methyl sites for hydroxylation is 1. The van der Waals surface area contributed by atoms with Crippen LogP contribution in [0.2, 0.25) is 0 Å². The van der Waals surface area contributed by atoms with Crippen LogP contribution in [0, 0.1) is 19.3 Å². The first-order valence-electron chi connectivity index (χ1n) is 3.10. The molecule has 0 atom stereocenters. The van der Waals surface area contributed by atoms with Gasteiger partial charge in [-0.15, -0.1) is 6.92 Å². The Morgan fingerprint density at radius 2 is 1.45 bits per heavy atom. The Bertz CT molecular complexity index is 142. The van der Waals surface area contributed by atoms with Crippen LogP contribution in [0.3, 0.4) is 0 Å². The number of rotatable bonds is 0. The fourth-order valence-electron chi connectivity index (χ4n) is 0.347. The number of pyridine rings is 1. The van der Waals surface area contributed by atoms with Gasteiger partial charge in [-0.2, -0.15) is 0 Å². The maximum Gasteiger partial charge on any atom is 1.00 e. The molecule has 11 heavy (non-hydrogen) atoms. The number of hydrogen-bond donors (Lipinski definition) is 0. The van der Waals surface area contributed by atoms with Crippen LogP contribution in [0.1, 0.15) is 19.4 Å². The molecule has 0 radical (unpaired) electrons. The van der Waals surface area contributed by atoms with E-state index in [0.29, 0.717) is 0 Å². The topological polar surface area (TPSA) is 12.9 Å². The van der Waals surface area contributed by atoms with E-state index in [4.69, 9.17) is 0 Å². The Morgan fingerprint density at radius 1 is 1.09 bits per heavy atom. The van der Waals surface area contributed by atoms with Crippen LogP contribution in [-0.2, 0) is 0 Å². The summed E-state index contributed by atoms with van der Waals surface area (Å²) in [7, 11) is 0. The molecule has 50 valence electrons. The fraction of sp³-hybridized carbons (Fsp3) is 0.375. The van der Waals surface area contributed by atoms with Gasteiger partial charge in [-0.1, -0.05) is 13.8 Å². The summed E-state index contributed by atoms with van der Waals surface area (Å²) in [5.74, 6) is 0. The van der Waals surface area contributed by atoms with Crippen molar-refractivity contribution in [3.63, 3.8) is 0 Å². The first kappa shape index (κ1) is 19.4. The Labute approximate surface area is 167 Å². The molecule has 0 aromatic carbocycles. The zero-order valence-corrected chi connectivity index (χ0v) is 17.9. The smallest absolute Gasteiger partial charge is 0.543 e. The second kappa shape index (κ2) is 15.2. The first-order chi connectivity index (χ1) is 4.39. The van der Waals surface area contributed by atoms with Crippen molar-refractivity contribution in [2.45, 2.75) is 20.8 Å². The van der Waals surface area contributed by atoms with Crippen LogP contribution in [0.25, 0.3) is 0 Å². The molecule has 0 saturated carbocycles. The van der Waals surface area contributed by atoms with Gasteiger partial charge in [0.15, 0.2) is 0 Å². The van der Waals surface area contributed by atoms with Gasteiger partial charge in [0.05, 0.1) is 0 Å². The number of aromatic nitrogens is 1. The summed E-state index contributed by atoms with van der Waals surface area (Å²) in [6.45, 7) is 5.98. The summed E-state index contributed by atoms with van der Waals surface area (Å²) in [5.41, 5.74) is 1.15. The van der Waals surface area contributed by atoms with Crippen LogP contribution >= 0.6 is 0 Å². The summed E-state index contributed by atoms with van der Waals surface area (Å²) >= 11 is 0. The summed E-state index contributed by atoms with van der Waals surface area (Å²) in [6, 6.07) is 3.63. The minimum Gasteiger partial charge on any atom is -0.543 e. The van der Waals surface area contributed by atoms with Crippen molar-refractivity contribution in [1.29, 1.82) is 0 Å². The van der Waals surface area contributed by atoms with E-state index in [0.717, 1.165) is 5.56 Å². The molecule has 1 aromatic rings. The van der Waals surface area contributed by atoms with Crippen molar-refractivity contribution in [3.8, 4) is 0 Å². The molecule has 0 fully saturated rings. The second-order valence-electron chi connectivity index (χ2n) is 1.40. The number of hydrogen-bond acceptors (Lipinski definition) is 1. The Hall–Kier alpha value is 2.76. The SMILES string of the molecule is CC.Cc1c[c-]n[c-]c1.[Rb+].[Rb+]. The minimum absolute atomic E-state index is 0. The summed E-state index contributed by atoms with van der Waals surface area (Å²) < 4.78 is 0. The molecule has 0 aliphatic heterocycles. The van der Waals surface area contributed by atoms with Crippen LogP contribution in [0.15, 0.2) is 12.1 Å². The van der Waals surface area contributed by atoms with E-state index < -0.39 is 0 Å². The monoisotopic (exact) mass is 291 g/mol. The molecule has 0 N–H and O–H groups in total. The van der Waals surface area contributed by atoms with Gasteiger partial charge in [0.25, 0.3) is 0 Å². The van der Waals surface area contributed by atoms with E-state index in [2.05, 4.69) is 17.4 Å². The largest absolute Gasteiger partial charge is 1.00 e. The van der Waals surface area contributed by atoms with Crippen LogP contribution in [0.4, 0.5) is 0 Å². The van der Waals surface area contributed by atoms with Gasteiger partial charge >= 0.3 is 116 Å². The van der Waals surface area contributed by atoms with Crippen molar-refractivity contribution in [2.24, 2.45) is 0 Å². The molecule has 1 heterocycles. The van der Waals surface area contributed by atoms with Crippen LogP contribution < -0.4 is 116 Å². The molecule has 3 heteroatoms. The first-order valence-corrected chi connectivity index (χ1v) is 3.10. The zero-order valence-electron chi connectivity index (χ0n) is 8.10. The van der Waals surface area contributed by atoms with Crippen molar-refractivity contribution in [3.05, 3.63) is 30.1 Å². The maximum absolute atomic E-state index is 3.60. The van der Waals surface area contributed by atoms with Crippen molar-refractivity contribution >= 4 is 0 Å². The van der Waals surface area contributed by atoms with E-state index in [1.54, 1.807) is 0 Å². The van der Waals surface area contributed by atoms with Crippen molar-refractivity contribution in [1.82, 2.24) is 4.98 Å². The molecule has 1 aromatic heterocycles. The zero-order chi connectivity index (χ0) is 7.11. The van der Waals surface area contributed by atoms with E-state index in [1.165, 1.54) is 0 Å². The van der Waals surface area contributed by atoms with Crippen molar-refractivity contribution in [2.75, 3.05) is 0 Å². The summed E-state index contributed by atoms with van der Waals surface area (Å²) in [5, 5.41) is 0. The predicted octanol–water partition coefficient (Wildman–Crippen LogP) is -3.98. The quantitative estimate of drug-likeness (QED) is 0.445. The molecule has 0 amide bonds. The summed E-state index contributed by atoms with van der Waals surface area (Å²) in [6.07, 6.45) is 5.31. The van der Waals surface area contributed by atoms with E-state index in [9.17, 15) is 0 Å². The van der Waals surface area contributed by atoms with Gasteiger partial charge in [-0.3, -0.25) is 30.1 Å². The third kappa shape index (κ3) is 12.8. The normalized spacial score (nSPS) is 6.09. The standard InChI is InChI=1S/C6H5N.C2H6.2Rb/c1-6-2-4-7-5-3-6;1-2;;/h2-3H,1H3;1-2H3;;/q-2;;2*+1. The van der Waals surface area contributed by atoms with Crippen LogP contribution in [-0.4, -0.2) is 4.98 Å². The average Bonchev–Trinajstić information content (AvgIpc) is 1.94. The third-order valence-corrected chi connectivity index (χ3v) is 0.714. The maximum atomic E-state index is 3.60. The van der Waals surface area contributed by atoms with Gasteiger partial charge in [0.1, 0.15) is 0 Å². The molecule has 0 spiro atoms. The van der Waals surface area contributed by atoms with Crippen molar-refractivity contribution < 1.29 is 116 Å². The van der Waals surface area contributed by atoms with E-state index in [1.807, 2.05) is 32.9 Å². The average molecular weight is 292 g/mol. The molecule has 0 unspecified atom stereocenters. The van der Waals surface area contributed by atoms with Gasteiger partial charge in [0, 0.05) is 0 Å². The molecule has 0 saturated heterocycles. The van der Waals surface area contributed by atoms with Gasteiger partial charge < -0.3 is 4.98 Å². The molecular weight excluding hydrogens is 281 g/mol. The molecule has 1 nitrogen and oxygen atoms in total.